The Balaban J connectivity index is 3.12. The van der Waals surface area contributed by atoms with Crippen LogP contribution in [0.1, 0.15) is 0 Å². The Morgan fingerprint density at radius 2 is 2.43 bits per heavy atom. The van der Waals surface area contributed by atoms with Crippen LogP contribution in [0.3, 0.4) is 0 Å². The predicted octanol–water partition coefficient (Wildman–Crippen LogP) is 2.00. The molecule has 0 spiro atoms. The number of rotatable bonds is 0. The van der Waals surface area contributed by atoms with E-state index in [1.54, 1.807) is 0 Å². The van der Waals surface area contributed by atoms with Gasteiger partial charge in [0.25, 0.3) is 0 Å². The normalized spacial score (nSPS) is 9.43. The van der Waals surface area contributed by atoms with Gasteiger partial charge in [0.05, 0.1) is 0 Å². The second-order valence-electron chi connectivity index (χ2n) is 1.04. The van der Waals surface area contributed by atoms with Gasteiger partial charge in [-0.3, -0.25) is 0 Å². The first-order valence-electron chi connectivity index (χ1n) is 1.69. The van der Waals surface area contributed by atoms with E-state index < -0.39 is 0 Å². The van der Waals surface area contributed by atoms with Gasteiger partial charge in [0, 0.05) is 0 Å². The molecule has 0 aliphatic heterocycles. The van der Waals surface area contributed by atoms with Gasteiger partial charge in [-0.05, 0) is 0 Å². The van der Waals surface area contributed by atoms with E-state index in [9.17, 15) is 0 Å². The van der Waals surface area contributed by atoms with Gasteiger partial charge >= 0.3 is 67.2 Å². The minimum atomic E-state index is 0.553. The van der Waals surface area contributed by atoms with Gasteiger partial charge in [0.2, 0.25) is 0 Å². The average Bonchev–Trinajstić information content (AvgIpc) is 1.91. The average molecular weight is 291 g/mol. The van der Waals surface area contributed by atoms with Gasteiger partial charge in [-0.25, -0.2) is 0 Å². The van der Waals surface area contributed by atoms with E-state index in [4.69, 9.17) is 11.6 Å². The van der Waals surface area contributed by atoms with Crippen LogP contribution >= 0.6 is 34.2 Å². The Hall–Kier alpha value is 1.02. The van der Waals surface area contributed by atoms with Crippen molar-refractivity contribution in [1.82, 2.24) is 0 Å². The van der Waals surface area contributed by atoms with Gasteiger partial charge in [-0.15, -0.1) is 0 Å². The Morgan fingerprint density at radius 3 is 2.57 bits per heavy atom. The van der Waals surface area contributed by atoms with Crippen molar-refractivity contribution in [1.29, 1.82) is 0 Å². The van der Waals surface area contributed by atoms with Crippen LogP contribution in [0.15, 0.2) is 11.0 Å². The Kier molecular flexibility index (Phi) is 2.22. The Labute approximate surface area is 66.8 Å². The first kappa shape index (κ1) is 6.14. The summed E-state index contributed by atoms with van der Waals surface area (Å²) in [5.41, 5.74) is 0. The predicted molar refractivity (Wildman–Crippen MR) is 41.1 cm³/mol. The molecule has 0 saturated heterocycles. The van der Waals surface area contributed by atoms with Gasteiger partial charge in [-0.2, -0.15) is 0 Å². The summed E-state index contributed by atoms with van der Waals surface area (Å²) in [4.78, 5) is 2.12. The summed E-state index contributed by atoms with van der Waals surface area (Å²) in [6.45, 7) is 0. The molecule has 0 bridgehead atoms. The van der Waals surface area contributed by atoms with Gasteiger partial charge in [-0.1, -0.05) is 0 Å². The van der Waals surface area contributed by atoms with E-state index in [2.05, 4.69) is 27.5 Å². The monoisotopic (exact) mass is 292 g/mol. The second kappa shape index (κ2) is 2.53. The third kappa shape index (κ3) is 1.46. The van der Waals surface area contributed by atoms with Crippen molar-refractivity contribution in [3.05, 3.63) is 18.5 Å². The van der Waals surface area contributed by atoms with Crippen molar-refractivity contribution in [2.75, 3.05) is 0 Å². The fourth-order valence-corrected chi connectivity index (χ4v) is 2.74. The summed E-state index contributed by atoms with van der Waals surface area (Å²) >= 11 is 8.49. The van der Waals surface area contributed by atoms with Gasteiger partial charge in [0.15, 0.2) is 0 Å². The summed E-state index contributed by atoms with van der Waals surface area (Å²) in [6, 6.07) is 1.96. The molecule has 0 amide bonds. The standard InChI is InChI=1S/C4H2ClISe/c5-3-1-2-7-4(3)6/h1-2H. The van der Waals surface area contributed by atoms with Crippen LogP contribution in [0.2, 0.25) is 5.02 Å². The van der Waals surface area contributed by atoms with Crippen molar-refractivity contribution < 1.29 is 0 Å². The van der Waals surface area contributed by atoms with E-state index in [1.165, 1.54) is 2.44 Å². The maximum absolute atomic E-state index is 5.66. The van der Waals surface area contributed by atoms with Crippen LogP contribution in [0.4, 0.5) is 0 Å². The van der Waals surface area contributed by atoms with Gasteiger partial charge < -0.3 is 0 Å². The maximum atomic E-state index is 5.66. The van der Waals surface area contributed by atoms with Crippen LogP contribution in [-0.4, -0.2) is 14.5 Å². The molecule has 0 aromatic carbocycles. The third-order valence-corrected chi connectivity index (χ3v) is 4.83. The molecular weight excluding hydrogens is 289 g/mol. The number of halogens is 2. The molecule has 1 rings (SSSR count). The molecule has 1 aromatic heterocycles. The van der Waals surface area contributed by atoms with Crippen molar-refractivity contribution in [2.24, 2.45) is 0 Å². The molecule has 0 aliphatic carbocycles. The van der Waals surface area contributed by atoms with E-state index >= 15 is 0 Å². The number of hydrogen-bond donors (Lipinski definition) is 0. The molecule has 1 aromatic rings. The molecule has 0 saturated carbocycles. The molecule has 3 heteroatoms. The fraction of sp³-hybridized carbons (Fsp3) is 0. The van der Waals surface area contributed by atoms with Crippen molar-refractivity contribution in [3.8, 4) is 0 Å². The zero-order valence-corrected chi connectivity index (χ0v) is 7.95. The third-order valence-electron chi connectivity index (χ3n) is 0.574. The van der Waals surface area contributed by atoms with Crippen molar-refractivity contribution >= 4 is 48.7 Å². The summed E-state index contributed by atoms with van der Waals surface area (Å²) in [5.74, 6) is 0. The zero-order chi connectivity index (χ0) is 5.28. The Bertz CT molecular complexity index is 144. The minimum absolute atomic E-state index is 0.553. The molecular formula is C4H2ClISe. The summed E-state index contributed by atoms with van der Waals surface area (Å²) in [5, 5.41) is 0.931. The quantitative estimate of drug-likeness (QED) is 0.507. The Morgan fingerprint density at radius 1 is 1.71 bits per heavy atom. The summed E-state index contributed by atoms with van der Waals surface area (Å²) in [6.07, 6.45) is 0. The SMILES string of the molecule is Clc1cc[se]c1I. The summed E-state index contributed by atoms with van der Waals surface area (Å²) in [7, 11) is 0. The number of hydrogen-bond acceptors (Lipinski definition) is 0. The molecule has 0 aliphatic rings. The van der Waals surface area contributed by atoms with E-state index in [0.29, 0.717) is 14.5 Å². The van der Waals surface area contributed by atoms with Crippen LogP contribution in [0.25, 0.3) is 0 Å². The molecule has 7 heavy (non-hydrogen) atoms. The van der Waals surface area contributed by atoms with Crippen molar-refractivity contribution in [2.45, 2.75) is 0 Å². The van der Waals surface area contributed by atoms with Gasteiger partial charge in [0.1, 0.15) is 0 Å². The second-order valence-corrected chi connectivity index (χ2v) is 6.09. The fourth-order valence-electron chi connectivity index (χ4n) is 0.275. The first-order chi connectivity index (χ1) is 3.30. The van der Waals surface area contributed by atoms with E-state index in [0.717, 1.165) is 5.02 Å². The van der Waals surface area contributed by atoms with Crippen LogP contribution in [0.5, 0.6) is 0 Å². The summed E-state index contributed by atoms with van der Waals surface area (Å²) < 4.78 is 1.31. The molecule has 1 heterocycles. The molecule has 0 unspecified atom stereocenters. The topological polar surface area (TPSA) is 0 Å². The molecule has 0 nitrogen and oxygen atoms in total. The van der Waals surface area contributed by atoms with E-state index in [-0.39, 0.29) is 0 Å². The molecule has 0 atom stereocenters. The van der Waals surface area contributed by atoms with Crippen LogP contribution in [-0.2, 0) is 0 Å². The van der Waals surface area contributed by atoms with Crippen LogP contribution in [0, 0.1) is 2.44 Å². The van der Waals surface area contributed by atoms with Crippen LogP contribution < -0.4 is 0 Å². The van der Waals surface area contributed by atoms with E-state index in [1.807, 2.05) is 6.07 Å². The molecule has 0 N–H and O–H groups in total. The molecule has 0 radical (unpaired) electrons. The zero-order valence-electron chi connectivity index (χ0n) is 3.32. The molecule has 38 valence electrons. The van der Waals surface area contributed by atoms with Crippen molar-refractivity contribution in [3.63, 3.8) is 0 Å². The molecule has 0 fully saturated rings. The first-order valence-corrected chi connectivity index (χ1v) is 4.99.